The fraction of sp³-hybridized carbons (Fsp3) is 0.647. The van der Waals surface area contributed by atoms with Gasteiger partial charge in [-0.25, -0.2) is 0 Å². The fourth-order valence-corrected chi connectivity index (χ4v) is 3.63. The highest BCUT2D eigenvalue weighted by Gasteiger charge is 2.42. The van der Waals surface area contributed by atoms with Gasteiger partial charge in [0.15, 0.2) is 0 Å². The number of methoxy groups -OCH3 is 1. The second-order valence-electron chi connectivity index (χ2n) is 6.34. The van der Waals surface area contributed by atoms with Gasteiger partial charge in [-0.2, -0.15) is 0 Å². The number of hydrogen-bond donors (Lipinski definition) is 1. The molecule has 0 unspecified atom stereocenters. The molecule has 21 heavy (non-hydrogen) atoms. The Morgan fingerprint density at radius 1 is 1.38 bits per heavy atom. The average Bonchev–Trinajstić information content (AvgIpc) is 2.49. The lowest BCUT2D eigenvalue weighted by atomic mass is 9.81. The monoisotopic (exact) mass is 290 g/mol. The van der Waals surface area contributed by atoms with Crippen molar-refractivity contribution in [3.8, 4) is 11.5 Å². The standard InChI is InChI=1S/C17H26N2O2/c1-3-8-19-9-6-17(7-10-19)12-15(18)14-5-4-13(20-2)11-16(14)21-17/h4-5,11,15H,3,6-10,12,18H2,1-2H3/t15-/m1/s1. The number of rotatable bonds is 3. The Morgan fingerprint density at radius 2 is 2.14 bits per heavy atom. The van der Waals surface area contributed by atoms with Crippen molar-refractivity contribution in [3.63, 3.8) is 0 Å². The highest BCUT2D eigenvalue weighted by molar-refractivity contribution is 5.44. The molecular weight excluding hydrogens is 264 g/mol. The molecule has 2 N–H and O–H groups in total. The van der Waals surface area contributed by atoms with Crippen LogP contribution < -0.4 is 15.2 Å². The molecule has 1 saturated heterocycles. The Hall–Kier alpha value is -1.26. The van der Waals surface area contributed by atoms with Crippen LogP contribution in [0.25, 0.3) is 0 Å². The second-order valence-corrected chi connectivity index (χ2v) is 6.34. The van der Waals surface area contributed by atoms with Crippen LogP contribution in [0.2, 0.25) is 0 Å². The maximum Gasteiger partial charge on any atom is 0.128 e. The van der Waals surface area contributed by atoms with E-state index in [0.29, 0.717) is 0 Å². The van der Waals surface area contributed by atoms with E-state index in [2.05, 4.69) is 11.8 Å². The zero-order valence-corrected chi connectivity index (χ0v) is 13.1. The van der Waals surface area contributed by atoms with Gasteiger partial charge < -0.3 is 20.1 Å². The van der Waals surface area contributed by atoms with Crippen molar-refractivity contribution in [1.29, 1.82) is 0 Å². The predicted molar refractivity (Wildman–Crippen MR) is 83.9 cm³/mol. The summed E-state index contributed by atoms with van der Waals surface area (Å²) in [4.78, 5) is 2.53. The highest BCUT2D eigenvalue weighted by Crippen LogP contribution is 2.44. The Balaban J connectivity index is 1.78. The fourth-order valence-electron chi connectivity index (χ4n) is 3.63. The maximum atomic E-state index is 6.41. The van der Waals surface area contributed by atoms with E-state index in [9.17, 15) is 0 Å². The van der Waals surface area contributed by atoms with Gasteiger partial charge in [0.25, 0.3) is 0 Å². The van der Waals surface area contributed by atoms with Crippen molar-refractivity contribution in [1.82, 2.24) is 4.90 Å². The summed E-state index contributed by atoms with van der Waals surface area (Å²) >= 11 is 0. The van der Waals surface area contributed by atoms with Crippen LogP contribution >= 0.6 is 0 Å². The quantitative estimate of drug-likeness (QED) is 0.930. The van der Waals surface area contributed by atoms with Crippen molar-refractivity contribution >= 4 is 0 Å². The molecule has 0 aromatic heterocycles. The number of piperidine rings is 1. The number of ether oxygens (including phenoxy) is 2. The van der Waals surface area contributed by atoms with Crippen LogP contribution in [0.15, 0.2) is 18.2 Å². The SMILES string of the molecule is CCCN1CCC2(CC1)C[C@@H](N)c1ccc(OC)cc1O2. The second kappa shape index (κ2) is 5.85. The van der Waals surface area contributed by atoms with Crippen LogP contribution in [0.5, 0.6) is 11.5 Å². The molecule has 116 valence electrons. The predicted octanol–water partition coefficient (Wildman–Crippen LogP) is 2.72. The molecular formula is C17H26N2O2. The molecule has 1 aromatic rings. The summed E-state index contributed by atoms with van der Waals surface area (Å²) < 4.78 is 11.7. The molecule has 0 bridgehead atoms. The van der Waals surface area contributed by atoms with Crippen molar-refractivity contribution in [2.75, 3.05) is 26.7 Å². The Bertz CT molecular complexity index is 496. The summed E-state index contributed by atoms with van der Waals surface area (Å²) in [5.74, 6) is 1.75. The van der Waals surface area contributed by atoms with Crippen LogP contribution in [0.4, 0.5) is 0 Å². The highest BCUT2D eigenvalue weighted by atomic mass is 16.5. The first-order valence-corrected chi connectivity index (χ1v) is 8.01. The van der Waals surface area contributed by atoms with E-state index >= 15 is 0 Å². The number of hydrogen-bond acceptors (Lipinski definition) is 4. The van der Waals surface area contributed by atoms with Gasteiger partial charge >= 0.3 is 0 Å². The van der Waals surface area contributed by atoms with Crippen molar-refractivity contribution in [2.45, 2.75) is 44.2 Å². The van der Waals surface area contributed by atoms with Gasteiger partial charge in [0.2, 0.25) is 0 Å². The van der Waals surface area contributed by atoms with Gasteiger partial charge in [0.1, 0.15) is 17.1 Å². The summed E-state index contributed by atoms with van der Waals surface area (Å²) in [7, 11) is 1.68. The number of nitrogens with two attached hydrogens (primary N) is 1. The van der Waals surface area contributed by atoms with Gasteiger partial charge in [0.05, 0.1) is 7.11 Å². The van der Waals surface area contributed by atoms with Gasteiger partial charge in [-0.05, 0) is 31.9 Å². The number of nitrogens with zero attached hydrogens (tertiary/aromatic N) is 1. The van der Waals surface area contributed by atoms with Crippen LogP contribution in [0.3, 0.4) is 0 Å². The number of likely N-dealkylation sites (tertiary alicyclic amines) is 1. The van der Waals surface area contributed by atoms with Crippen molar-refractivity contribution in [2.24, 2.45) is 5.73 Å². The normalized spacial score (nSPS) is 24.4. The van der Waals surface area contributed by atoms with Gasteiger partial charge in [-0.3, -0.25) is 0 Å². The molecule has 0 aliphatic carbocycles. The summed E-state index contributed by atoms with van der Waals surface area (Å²) in [6, 6.07) is 6.05. The first-order chi connectivity index (χ1) is 10.2. The van der Waals surface area contributed by atoms with E-state index in [4.69, 9.17) is 15.2 Å². The van der Waals surface area contributed by atoms with Crippen LogP contribution in [0, 0.1) is 0 Å². The Labute approximate surface area is 127 Å². The lowest BCUT2D eigenvalue weighted by Gasteiger charge is -2.46. The lowest BCUT2D eigenvalue weighted by Crippen LogP contribution is -2.51. The molecule has 0 saturated carbocycles. The molecule has 2 aliphatic rings. The summed E-state index contributed by atoms with van der Waals surface area (Å²) in [5, 5.41) is 0. The topological polar surface area (TPSA) is 47.7 Å². The molecule has 2 heterocycles. The zero-order valence-electron chi connectivity index (χ0n) is 13.1. The molecule has 1 aromatic carbocycles. The molecule has 0 radical (unpaired) electrons. The summed E-state index contributed by atoms with van der Waals surface area (Å²) in [6.07, 6.45) is 4.27. The van der Waals surface area contributed by atoms with Gasteiger partial charge in [-0.1, -0.05) is 13.0 Å². The lowest BCUT2D eigenvalue weighted by molar-refractivity contribution is -0.0217. The minimum absolute atomic E-state index is 0.0670. The third-order valence-corrected chi connectivity index (χ3v) is 4.85. The van der Waals surface area contributed by atoms with Crippen LogP contribution in [-0.4, -0.2) is 37.2 Å². The molecule has 1 atom stereocenters. The van der Waals surface area contributed by atoms with Crippen LogP contribution in [0.1, 0.15) is 44.2 Å². The van der Waals surface area contributed by atoms with Crippen LogP contribution in [-0.2, 0) is 0 Å². The Kier molecular flexibility index (Phi) is 4.09. The van der Waals surface area contributed by atoms with Gasteiger partial charge in [0, 0.05) is 37.2 Å². The van der Waals surface area contributed by atoms with E-state index in [1.807, 2.05) is 18.2 Å². The van der Waals surface area contributed by atoms with Gasteiger partial charge in [-0.15, -0.1) is 0 Å². The number of fused-ring (bicyclic) bond motifs is 1. The van der Waals surface area contributed by atoms with E-state index in [0.717, 1.165) is 49.4 Å². The molecule has 4 nitrogen and oxygen atoms in total. The largest absolute Gasteiger partial charge is 0.497 e. The Morgan fingerprint density at radius 3 is 2.81 bits per heavy atom. The minimum Gasteiger partial charge on any atom is -0.497 e. The molecule has 2 aliphatic heterocycles. The van der Waals surface area contributed by atoms with E-state index in [1.54, 1.807) is 7.11 Å². The summed E-state index contributed by atoms with van der Waals surface area (Å²) in [6.45, 7) is 5.65. The first-order valence-electron chi connectivity index (χ1n) is 8.01. The third kappa shape index (κ3) is 2.87. The van der Waals surface area contributed by atoms with Crippen molar-refractivity contribution < 1.29 is 9.47 Å². The average molecular weight is 290 g/mol. The molecule has 0 amide bonds. The molecule has 1 spiro atoms. The minimum atomic E-state index is -0.0803. The van der Waals surface area contributed by atoms with E-state index in [1.165, 1.54) is 13.0 Å². The molecule has 3 rings (SSSR count). The zero-order chi connectivity index (χ0) is 14.9. The first kappa shape index (κ1) is 14.7. The number of benzene rings is 1. The summed E-state index contributed by atoms with van der Waals surface area (Å²) in [5.41, 5.74) is 7.43. The molecule has 4 heteroatoms. The van der Waals surface area contributed by atoms with E-state index < -0.39 is 0 Å². The maximum absolute atomic E-state index is 6.41. The smallest absolute Gasteiger partial charge is 0.128 e. The van der Waals surface area contributed by atoms with Crippen molar-refractivity contribution in [3.05, 3.63) is 23.8 Å². The van der Waals surface area contributed by atoms with E-state index in [-0.39, 0.29) is 11.6 Å². The third-order valence-electron chi connectivity index (χ3n) is 4.85. The molecule has 1 fully saturated rings.